The van der Waals surface area contributed by atoms with Gasteiger partial charge in [-0.25, -0.2) is 9.97 Å². The molecule has 2 aromatic rings. The Bertz CT molecular complexity index is 711. The highest BCUT2D eigenvalue weighted by atomic mass is 16.2. The van der Waals surface area contributed by atoms with E-state index in [9.17, 15) is 4.79 Å². The van der Waals surface area contributed by atoms with E-state index in [0.717, 1.165) is 31.7 Å². The molecule has 1 aliphatic carbocycles. The first-order valence-electron chi connectivity index (χ1n) is 9.07. The topological polar surface area (TPSA) is 75.9 Å². The van der Waals surface area contributed by atoms with Gasteiger partial charge in [0.1, 0.15) is 0 Å². The van der Waals surface area contributed by atoms with Crippen LogP contribution < -0.4 is 5.32 Å². The van der Waals surface area contributed by atoms with Crippen LogP contribution in [-0.4, -0.2) is 43.6 Å². The Kier molecular flexibility index (Phi) is 4.63. The SMILES string of the molecule is O=C(CC1CC1)N1Cc2ccnn2C[C@@H](CCNc2ncccn2)C1. The lowest BCUT2D eigenvalue weighted by molar-refractivity contribution is -0.132. The van der Waals surface area contributed by atoms with Gasteiger partial charge in [0.05, 0.1) is 12.2 Å². The van der Waals surface area contributed by atoms with Crippen molar-refractivity contribution in [2.75, 3.05) is 18.4 Å². The van der Waals surface area contributed by atoms with E-state index < -0.39 is 0 Å². The highest BCUT2D eigenvalue weighted by Crippen LogP contribution is 2.33. The summed E-state index contributed by atoms with van der Waals surface area (Å²) >= 11 is 0. The summed E-state index contributed by atoms with van der Waals surface area (Å²) in [5, 5.41) is 7.69. The quantitative estimate of drug-likeness (QED) is 0.870. The summed E-state index contributed by atoms with van der Waals surface area (Å²) in [6.45, 7) is 3.12. The number of nitrogens with zero attached hydrogens (tertiary/aromatic N) is 5. The van der Waals surface area contributed by atoms with Gasteiger partial charge in [0.25, 0.3) is 0 Å². The molecule has 0 saturated heterocycles. The molecule has 3 heterocycles. The largest absolute Gasteiger partial charge is 0.354 e. The van der Waals surface area contributed by atoms with Gasteiger partial charge in [-0.2, -0.15) is 5.10 Å². The van der Waals surface area contributed by atoms with Crippen LogP contribution in [0.25, 0.3) is 0 Å². The van der Waals surface area contributed by atoms with E-state index in [4.69, 9.17) is 0 Å². The Morgan fingerprint density at radius 1 is 1.16 bits per heavy atom. The molecular weight excluding hydrogens is 316 g/mol. The number of fused-ring (bicyclic) bond motifs is 1. The van der Waals surface area contributed by atoms with Crippen LogP contribution in [0.5, 0.6) is 0 Å². The van der Waals surface area contributed by atoms with E-state index in [1.165, 1.54) is 12.8 Å². The number of anilines is 1. The van der Waals surface area contributed by atoms with E-state index in [2.05, 4.69) is 20.4 Å². The van der Waals surface area contributed by atoms with Crippen LogP contribution in [0.2, 0.25) is 0 Å². The standard InChI is InChI=1S/C18H24N6O/c25-17(10-14-2-3-14)23-11-15(12-24-16(13-23)5-9-22-24)4-8-21-18-19-6-1-7-20-18/h1,5-7,9,14-15H,2-4,8,10-13H2,(H,19,20,21)/t15-/m0/s1. The molecule has 132 valence electrons. The molecule has 0 spiro atoms. The van der Waals surface area contributed by atoms with Gasteiger partial charge in [-0.15, -0.1) is 0 Å². The van der Waals surface area contributed by atoms with Crippen molar-refractivity contribution in [2.45, 2.75) is 38.8 Å². The van der Waals surface area contributed by atoms with Crippen LogP contribution in [0.15, 0.2) is 30.7 Å². The highest BCUT2D eigenvalue weighted by Gasteiger charge is 2.30. The Balaban J connectivity index is 1.38. The summed E-state index contributed by atoms with van der Waals surface area (Å²) in [7, 11) is 0. The first-order chi connectivity index (χ1) is 12.3. The van der Waals surface area contributed by atoms with Crippen molar-refractivity contribution in [3.8, 4) is 0 Å². The Hall–Kier alpha value is -2.44. The lowest BCUT2D eigenvalue weighted by atomic mass is 10.0. The zero-order valence-corrected chi connectivity index (χ0v) is 14.3. The molecule has 1 amide bonds. The average molecular weight is 340 g/mol. The van der Waals surface area contributed by atoms with Gasteiger partial charge >= 0.3 is 0 Å². The molecule has 0 bridgehead atoms. The first kappa shape index (κ1) is 16.1. The summed E-state index contributed by atoms with van der Waals surface area (Å²) in [5.41, 5.74) is 1.13. The van der Waals surface area contributed by atoms with Crippen molar-refractivity contribution in [1.29, 1.82) is 0 Å². The maximum Gasteiger partial charge on any atom is 0.223 e. The fourth-order valence-corrected chi connectivity index (χ4v) is 3.38. The first-order valence-corrected chi connectivity index (χ1v) is 9.07. The third-order valence-corrected chi connectivity index (χ3v) is 4.98. The number of hydrogen-bond acceptors (Lipinski definition) is 5. The van der Waals surface area contributed by atoms with Crippen molar-refractivity contribution >= 4 is 11.9 Å². The van der Waals surface area contributed by atoms with E-state index in [1.54, 1.807) is 18.5 Å². The van der Waals surface area contributed by atoms with Crippen molar-refractivity contribution in [3.63, 3.8) is 0 Å². The summed E-state index contributed by atoms with van der Waals surface area (Å²) < 4.78 is 2.05. The zero-order chi connectivity index (χ0) is 17.1. The number of carbonyl (C=O) groups excluding carboxylic acids is 1. The minimum Gasteiger partial charge on any atom is -0.354 e. The molecule has 0 aromatic carbocycles. The smallest absolute Gasteiger partial charge is 0.223 e. The fourth-order valence-electron chi connectivity index (χ4n) is 3.38. The molecule has 25 heavy (non-hydrogen) atoms. The maximum absolute atomic E-state index is 12.6. The minimum atomic E-state index is 0.293. The van der Waals surface area contributed by atoms with Crippen LogP contribution in [0.4, 0.5) is 5.95 Å². The Labute approximate surface area is 147 Å². The third-order valence-electron chi connectivity index (χ3n) is 4.98. The van der Waals surface area contributed by atoms with Crippen LogP contribution >= 0.6 is 0 Å². The molecule has 1 N–H and O–H groups in total. The molecule has 4 rings (SSSR count). The molecule has 1 fully saturated rings. The fraction of sp³-hybridized carbons (Fsp3) is 0.556. The van der Waals surface area contributed by atoms with Gasteiger partial charge in [-0.05, 0) is 43.2 Å². The normalized spacial score (nSPS) is 20.0. The molecule has 2 aromatic heterocycles. The number of rotatable bonds is 6. The van der Waals surface area contributed by atoms with Crippen LogP contribution in [0.3, 0.4) is 0 Å². The highest BCUT2D eigenvalue weighted by molar-refractivity contribution is 5.76. The van der Waals surface area contributed by atoms with Gasteiger partial charge in [-0.3, -0.25) is 9.48 Å². The minimum absolute atomic E-state index is 0.293. The van der Waals surface area contributed by atoms with E-state index in [1.807, 2.05) is 21.8 Å². The second kappa shape index (κ2) is 7.21. The molecule has 1 atom stereocenters. The monoisotopic (exact) mass is 340 g/mol. The number of aromatic nitrogens is 4. The van der Waals surface area contributed by atoms with Gasteiger partial charge in [0.2, 0.25) is 11.9 Å². The van der Waals surface area contributed by atoms with E-state index in [0.29, 0.717) is 36.7 Å². The third kappa shape index (κ3) is 4.15. The molecule has 1 aliphatic heterocycles. The second-order valence-electron chi connectivity index (χ2n) is 7.08. The lowest BCUT2D eigenvalue weighted by Gasteiger charge is -2.24. The number of amides is 1. The van der Waals surface area contributed by atoms with Gasteiger partial charge in [-0.1, -0.05) is 0 Å². The van der Waals surface area contributed by atoms with E-state index >= 15 is 0 Å². The molecule has 2 aliphatic rings. The molecule has 0 unspecified atom stereocenters. The van der Waals surface area contributed by atoms with Crippen molar-refractivity contribution in [2.24, 2.45) is 11.8 Å². The average Bonchev–Trinajstić information content (AvgIpc) is 3.37. The maximum atomic E-state index is 12.6. The summed E-state index contributed by atoms with van der Waals surface area (Å²) in [6.07, 6.45) is 9.37. The van der Waals surface area contributed by atoms with Crippen LogP contribution in [0.1, 0.15) is 31.4 Å². The molecule has 0 radical (unpaired) electrons. The number of hydrogen-bond donors (Lipinski definition) is 1. The predicted octanol–water partition coefficient (Wildman–Crippen LogP) is 1.93. The van der Waals surface area contributed by atoms with Gasteiger partial charge in [0, 0.05) is 44.6 Å². The Morgan fingerprint density at radius 3 is 2.80 bits per heavy atom. The predicted molar refractivity (Wildman–Crippen MR) is 93.6 cm³/mol. The van der Waals surface area contributed by atoms with Gasteiger partial charge in [0.15, 0.2) is 0 Å². The van der Waals surface area contributed by atoms with Crippen molar-refractivity contribution < 1.29 is 4.79 Å². The van der Waals surface area contributed by atoms with Crippen LogP contribution in [0, 0.1) is 11.8 Å². The summed E-state index contributed by atoms with van der Waals surface area (Å²) in [4.78, 5) is 23.0. The lowest BCUT2D eigenvalue weighted by Crippen LogP contribution is -2.34. The molecule has 1 saturated carbocycles. The second-order valence-corrected chi connectivity index (χ2v) is 7.08. The summed E-state index contributed by atoms with van der Waals surface area (Å²) in [5.74, 6) is 1.94. The number of nitrogens with one attached hydrogen (secondary N) is 1. The Morgan fingerprint density at radius 2 is 2.00 bits per heavy atom. The molecule has 7 heteroatoms. The molecule has 7 nitrogen and oxygen atoms in total. The van der Waals surface area contributed by atoms with E-state index in [-0.39, 0.29) is 0 Å². The molecular formula is C18H24N6O. The van der Waals surface area contributed by atoms with Gasteiger partial charge < -0.3 is 10.2 Å². The van der Waals surface area contributed by atoms with Crippen LogP contribution in [-0.2, 0) is 17.9 Å². The summed E-state index contributed by atoms with van der Waals surface area (Å²) in [6, 6.07) is 3.83. The number of carbonyl (C=O) groups is 1. The van der Waals surface area contributed by atoms with Crippen molar-refractivity contribution in [1.82, 2.24) is 24.6 Å². The zero-order valence-electron chi connectivity index (χ0n) is 14.3. The van der Waals surface area contributed by atoms with Crippen molar-refractivity contribution in [3.05, 3.63) is 36.4 Å².